The summed E-state index contributed by atoms with van der Waals surface area (Å²) in [4.78, 5) is 22.5. The molecule has 0 fully saturated rings. The second-order valence-electron chi connectivity index (χ2n) is 2.98. The average Bonchev–Trinajstić information content (AvgIpc) is 2.15. The highest BCUT2D eigenvalue weighted by Gasteiger charge is 2.15. The predicted molar refractivity (Wildman–Crippen MR) is 64.0 cm³/mol. The van der Waals surface area contributed by atoms with Crippen molar-refractivity contribution in [3.8, 4) is 0 Å². The Morgan fingerprint density at radius 3 is 2.27 bits per heavy atom. The van der Waals surface area contributed by atoms with Gasteiger partial charge < -0.3 is 0 Å². The standard InChI is InChI=1S/C10H7BrCl2O2/c1-5(12)9(14)6-2-7(10(13)15)4-8(11)3-6/h2-5H,1H3. The highest BCUT2D eigenvalue weighted by molar-refractivity contribution is 9.10. The third-order valence-corrected chi connectivity index (χ3v) is 2.64. The van der Waals surface area contributed by atoms with Gasteiger partial charge in [0, 0.05) is 15.6 Å². The first kappa shape index (κ1) is 12.7. The van der Waals surface area contributed by atoms with Gasteiger partial charge in [0.05, 0.1) is 5.38 Å². The molecular weight excluding hydrogens is 303 g/mol. The number of carbonyl (C=O) groups is 2. The average molecular weight is 310 g/mol. The van der Waals surface area contributed by atoms with Crippen molar-refractivity contribution in [2.45, 2.75) is 12.3 Å². The Morgan fingerprint density at radius 1 is 1.27 bits per heavy atom. The minimum absolute atomic E-state index is 0.239. The highest BCUT2D eigenvalue weighted by Crippen LogP contribution is 2.19. The first-order valence-corrected chi connectivity index (χ1v) is 5.71. The van der Waals surface area contributed by atoms with Crippen molar-refractivity contribution in [2.75, 3.05) is 0 Å². The summed E-state index contributed by atoms with van der Waals surface area (Å²) in [5, 5.41) is -1.23. The van der Waals surface area contributed by atoms with Crippen molar-refractivity contribution in [1.82, 2.24) is 0 Å². The number of carbonyl (C=O) groups excluding carboxylic acids is 2. The maximum Gasteiger partial charge on any atom is 0.252 e. The van der Waals surface area contributed by atoms with Gasteiger partial charge in [-0.25, -0.2) is 0 Å². The van der Waals surface area contributed by atoms with Crippen LogP contribution < -0.4 is 0 Å². The number of hydrogen-bond acceptors (Lipinski definition) is 2. The fourth-order valence-electron chi connectivity index (χ4n) is 1.08. The number of Topliss-reactive ketones (excluding diaryl/α,β-unsaturated/α-hetero) is 1. The molecule has 5 heteroatoms. The van der Waals surface area contributed by atoms with Gasteiger partial charge in [-0.3, -0.25) is 9.59 Å². The van der Waals surface area contributed by atoms with E-state index in [2.05, 4.69) is 15.9 Å². The third kappa shape index (κ3) is 3.30. The molecule has 0 bridgehead atoms. The molecule has 1 unspecified atom stereocenters. The van der Waals surface area contributed by atoms with Crippen LogP contribution in [0.2, 0.25) is 0 Å². The summed E-state index contributed by atoms with van der Waals surface area (Å²) in [6.07, 6.45) is 0. The molecule has 1 aromatic rings. The van der Waals surface area contributed by atoms with Crippen LogP contribution in [0.3, 0.4) is 0 Å². The van der Waals surface area contributed by atoms with E-state index in [1.807, 2.05) is 0 Å². The molecule has 0 aliphatic carbocycles. The Hall–Kier alpha value is -0.380. The molecule has 15 heavy (non-hydrogen) atoms. The maximum absolute atomic E-state index is 11.6. The van der Waals surface area contributed by atoms with E-state index in [0.717, 1.165) is 0 Å². The van der Waals surface area contributed by atoms with Gasteiger partial charge in [-0.05, 0) is 36.7 Å². The SMILES string of the molecule is CC(Cl)C(=O)c1cc(Br)cc(C(=O)Cl)c1. The smallest absolute Gasteiger partial charge is 0.252 e. The van der Waals surface area contributed by atoms with Gasteiger partial charge in [0.2, 0.25) is 0 Å². The van der Waals surface area contributed by atoms with Gasteiger partial charge in [-0.1, -0.05) is 15.9 Å². The van der Waals surface area contributed by atoms with Gasteiger partial charge in [-0.2, -0.15) is 0 Å². The van der Waals surface area contributed by atoms with Crippen LogP contribution in [0, 0.1) is 0 Å². The lowest BCUT2D eigenvalue weighted by Gasteiger charge is -2.04. The van der Waals surface area contributed by atoms with E-state index in [9.17, 15) is 9.59 Å². The lowest BCUT2D eigenvalue weighted by molar-refractivity contribution is 0.0991. The molecule has 0 saturated carbocycles. The zero-order chi connectivity index (χ0) is 11.6. The molecule has 0 saturated heterocycles. The zero-order valence-corrected chi connectivity index (χ0v) is 10.9. The van der Waals surface area contributed by atoms with Crippen LogP contribution in [0.5, 0.6) is 0 Å². The van der Waals surface area contributed by atoms with E-state index in [-0.39, 0.29) is 11.3 Å². The van der Waals surface area contributed by atoms with Crippen LogP contribution in [0.1, 0.15) is 27.6 Å². The van der Waals surface area contributed by atoms with Crippen LogP contribution in [-0.4, -0.2) is 16.4 Å². The van der Waals surface area contributed by atoms with Crippen LogP contribution in [0.4, 0.5) is 0 Å². The van der Waals surface area contributed by atoms with Crippen LogP contribution in [0.15, 0.2) is 22.7 Å². The molecule has 0 aromatic heterocycles. The topological polar surface area (TPSA) is 34.1 Å². The lowest BCUT2D eigenvalue weighted by Crippen LogP contribution is -2.11. The summed E-state index contributed by atoms with van der Waals surface area (Å²) in [5.74, 6) is -0.239. The largest absolute Gasteiger partial charge is 0.293 e. The van der Waals surface area contributed by atoms with E-state index >= 15 is 0 Å². The fraction of sp³-hybridized carbons (Fsp3) is 0.200. The van der Waals surface area contributed by atoms with Gasteiger partial charge >= 0.3 is 0 Å². The van der Waals surface area contributed by atoms with Crippen LogP contribution >= 0.6 is 39.1 Å². The number of ketones is 1. The Kier molecular flexibility index (Phi) is 4.32. The predicted octanol–water partition coefficient (Wildman–Crippen LogP) is 3.64. The quantitative estimate of drug-likeness (QED) is 0.485. The highest BCUT2D eigenvalue weighted by atomic mass is 79.9. The third-order valence-electron chi connectivity index (χ3n) is 1.77. The Morgan fingerprint density at radius 2 is 1.80 bits per heavy atom. The fourth-order valence-corrected chi connectivity index (χ4v) is 1.80. The van der Waals surface area contributed by atoms with Crippen molar-refractivity contribution >= 4 is 50.2 Å². The summed E-state index contributed by atoms with van der Waals surface area (Å²) in [6.45, 7) is 1.58. The Labute approximate surface area is 106 Å². The second kappa shape index (κ2) is 5.10. The van der Waals surface area contributed by atoms with Crippen molar-refractivity contribution in [3.05, 3.63) is 33.8 Å². The molecule has 0 spiro atoms. The number of rotatable bonds is 3. The molecule has 0 N–H and O–H groups in total. The normalized spacial score (nSPS) is 12.3. The molecule has 1 aromatic carbocycles. The van der Waals surface area contributed by atoms with E-state index in [1.165, 1.54) is 6.07 Å². The summed E-state index contributed by atoms with van der Waals surface area (Å²) < 4.78 is 0.620. The van der Waals surface area contributed by atoms with E-state index < -0.39 is 10.6 Å². The number of benzene rings is 1. The monoisotopic (exact) mass is 308 g/mol. The maximum atomic E-state index is 11.6. The second-order valence-corrected chi connectivity index (χ2v) is 4.90. The summed E-state index contributed by atoms with van der Waals surface area (Å²) in [7, 11) is 0. The molecule has 0 heterocycles. The summed E-state index contributed by atoms with van der Waals surface area (Å²) in [6, 6.07) is 4.58. The van der Waals surface area contributed by atoms with E-state index in [1.54, 1.807) is 19.1 Å². The van der Waals surface area contributed by atoms with Gasteiger partial charge in [0.25, 0.3) is 5.24 Å². The molecule has 80 valence electrons. The van der Waals surface area contributed by atoms with Crippen LogP contribution in [-0.2, 0) is 0 Å². The van der Waals surface area contributed by atoms with Crippen molar-refractivity contribution in [2.24, 2.45) is 0 Å². The molecular formula is C10H7BrCl2O2. The molecule has 1 atom stereocenters. The van der Waals surface area contributed by atoms with E-state index in [4.69, 9.17) is 23.2 Å². The van der Waals surface area contributed by atoms with Gasteiger partial charge in [0.1, 0.15) is 0 Å². The molecule has 0 radical (unpaired) electrons. The molecule has 0 amide bonds. The first-order chi connectivity index (χ1) is 6.91. The zero-order valence-electron chi connectivity index (χ0n) is 7.76. The number of alkyl halides is 1. The van der Waals surface area contributed by atoms with Crippen LogP contribution in [0.25, 0.3) is 0 Å². The molecule has 0 aliphatic rings. The number of halogens is 3. The van der Waals surface area contributed by atoms with E-state index in [0.29, 0.717) is 10.0 Å². The summed E-state index contributed by atoms with van der Waals surface area (Å²) in [5.41, 5.74) is 0.641. The van der Waals surface area contributed by atoms with Gasteiger partial charge in [-0.15, -0.1) is 11.6 Å². The Balaban J connectivity index is 3.20. The number of hydrogen-bond donors (Lipinski definition) is 0. The van der Waals surface area contributed by atoms with Crippen molar-refractivity contribution in [1.29, 1.82) is 0 Å². The minimum Gasteiger partial charge on any atom is -0.293 e. The summed E-state index contributed by atoms with van der Waals surface area (Å²) >= 11 is 14.2. The lowest BCUT2D eigenvalue weighted by atomic mass is 10.1. The molecule has 1 rings (SSSR count). The molecule has 2 nitrogen and oxygen atoms in total. The Bertz CT molecular complexity index is 416. The van der Waals surface area contributed by atoms with Crippen molar-refractivity contribution < 1.29 is 9.59 Å². The minimum atomic E-state index is -0.627. The molecule has 0 aliphatic heterocycles. The van der Waals surface area contributed by atoms with Crippen molar-refractivity contribution in [3.63, 3.8) is 0 Å². The van der Waals surface area contributed by atoms with Gasteiger partial charge in [0.15, 0.2) is 5.78 Å². The first-order valence-electron chi connectivity index (χ1n) is 4.10.